The number of piperidine rings is 1. The van der Waals surface area contributed by atoms with Gasteiger partial charge in [-0.1, -0.05) is 23.8 Å². The number of hydrogen-bond donors (Lipinski definition) is 1. The maximum Gasteiger partial charge on any atom is 0.332 e. The van der Waals surface area contributed by atoms with Gasteiger partial charge in [-0.15, -0.1) is 0 Å². The Bertz CT molecular complexity index is 1400. The first-order valence-electron chi connectivity index (χ1n) is 11.3. The number of halogens is 1. The summed E-state index contributed by atoms with van der Waals surface area (Å²) in [7, 11) is 1.53. The predicted octanol–water partition coefficient (Wildman–Crippen LogP) is 1.81. The number of rotatable bonds is 6. The van der Waals surface area contributed by atoms with Crippen molar-refractivity contribution in [1.82, 2.24) is 18.7 Å². The quantitative estimate of drug-likeness (QED) is 0.437. The Labute approximate surface area is 195 Å². The van der Waals surface area contributed by atoms with Crippen LogP contribution in [-0.4, -0.2) is 43.6 Å². The van der Waals surface area contributed by atoms with Crippen molar-refractivity contribution in [1.29, 1.82) is 0 Å². The van der Waals surface area contributed by atoms with E-state index in [1.807, 2.05) is 24.8 Å². The van der Waals surface area contributed by atoms with Crippen molar-refractivity contribution in [2.45, 2.75) is 45.8 Å². The van der Waals surface area contributed by atoms with E-state index in [-0.39, 0.29) is 22.8 Å². The maximum absolute atomic E-state index is 13.6. The van der Waals surface area contributed by atoms with Crippen molar-refractivity contribution in [2.75, 3.05) is 18.0 Å². The molecule has 1 saturated heterocycles. The van der Waals surface area contributed by atoms with E-state index in [1.165, 1.54) is 29.8 Å². The van der Waals surface area contributed by atoms with Crippen LogP contribution in [0.5, 0.6) is 0 Å². The summed E-state index contributed by atoms with van der Waals surface area (Å²) in [5.74, 6) is -0.523. The van der Waals surface area contributed by atoms with Crippen LogP contribution in [-0.2, 0) is 20.1 Å². The molecule has 9 nitrogen and oxygen atoms in total. The Balaban J connectivity index is 1.88. The molecule has 180 valence electrons. The molecule has 0 aliphatic carbocycles. The smallest absolute Gasteiger partial charge is 0.332 e. The number of ketones is 1. The van der Waals surface area contributed by atoms with E-state index in [1.54, 1.807) is 4.57 Å². The molecule has 0 radical (unpaired) electrons. The van der Waals surface area contributed by atoms with Crippen LogP contribution >= 0.6 is 0 Å². The second-order valence-corrected chi connectivity index (χ2v) is 8.99. The number of allylic oxidation sites excluding steroid dienone is 2. The zero-order valence-corrected chi connectivity index (χ0v) is 19.6. The van der Waals surface area contributed by atoms with E-state index in [0.717, 1.165) is 35.6 Å². The lowest BCUT2D eigenvalue weighted by Crippen LogP contribution is -2.44. The number of aromatic nitrogens is 4. The third kappa shape index (κ3) is 4.45. The van der Waals surface area contributed by atoms with Crippen molar-refractivity contribution in [3.8, 4) is 0 Å². The molecule has 1 aromatic carbocycles. The number of carbonyl (C=O) groups is 1. The number of benzene rings is 1. The molecular weight excluding hydrogens is 439 g/mol. The van der Waals surface area contributed by atoms with E-state index in [4.69, 9.17) is 5.73 Å². The topological polar surface area (TPSA) is 108 Å². The Hall–Kier alpha value is -3.53. The fourth-order valence-electron chi connectivity index (χ4n) is 4.28. The van der Waals surface area contributed by atoms with Gasteiger partial charge in [-0.25, -0.2) is 9.18 Å². The molecule has 4 rings (SSSR count). The van der Waals surface area contributed by atoms with Gasteiger partial charge >= 0.3 is 5.69 Å². The number of anilines is 1. The number of Topliss-reactive ketones (excluding diaryl/α,β-unsaturated/α-hetero) is 1. The molecule has 1 fully saturated rings. The van der Waals surface area contributed by atoms with E-state index < -0.39 is 29.4 Å². The summed E-state index contributed by atoms with van der Waals surface area (Å²) in [6, 6.07) is 5.18. The Morgan fingerprint density at radius 1 is 1.26 bits per heavy atom. The largest absolute Gasteiger partial charge is 0.341 e. The monoisotopic (exact) mass is 468 g/mol. The van der Waals surface area contributed by atoms with Gasteiger partial charge in [-0.3, -0.25) is 18.7 Å². The van der Waals surface area contributed by atoms with Gasteiger partial charge < -0.3 is 15.2 Å². The third-order valence-corrected chi connectivity index (χ3v) is 6.08. The highest BCUT2D eigenvalue weighted by Crippen LogP contribution is 2.23. The van der Waals surface area contributed by atoms with Gasteiger partial charge in [0.25, 0.3) is 5.56 Å². The molecule has 2 N–H and O–H groups in total. The second-order valence-electron chi connectivity index (χ2n) is 8.99. The van der Waals surface area contributed by atoms with Gasteiger partial charge in [0.2, 0.25) is 5.95 Å². The third-order valence-electron chi connectivity index (χ3n) is 6.08. The molecule has 1 atom stereocenters. The lowest BCUT2D eigenvalue weighted by molar-refractivity contribution is 0.0968. The second kappa shape index (κ2) is 9.38. The first-order valence-corrected chi connectivity index (χ1v) is 11.3. The zero-order chi connectivity index (χ0) is 24.6. The molecule has 3 aromatic rings. The molecule has 1 aliphatic rings. The number of carbonyl (C=O) groups excluding carboxylic acids is 1. The van der Waals surface area contributed by atoms with Crippen LogP contribution in [0.15, 0.2) is 45.5 Å². The molecule has 34 heavy (non-hydrogen) atoms. The van der Waals surface area contributed by atoms with Gasteiger partial charge in [0.1, 0.15) is 5.82 Å². The summed E-state index contributed by atoms with van der Waals surface area (Å²) < 4.78 is 17.5. The fraction of sp³-hybridized carbons (Fsp3) is 0.417. The van der Waals surface area contributed by atoms with Gasteiger partial charge in [0.15, 0.2) is 16.9 Å². The van der Waals surface area contributed by atoms with E-state index in [9.17, 15) is 18.8 Å². The summed E-state index contributed by atoms with van der Waals surface area (Å²) in [5, 5.41) is 0. The molecule has 10 heteroatoms. The molecule has 0 bridgehead atoms. The number of hydrogen-bond acceptors (Lipinski definition) is 6. The van der Waals surface area contributed by atoms with Crippen LogP contribution in [0, 0.1) is 5.82 Å². The normalized spacial score (nSPS) is 16.1. The van der Waals surface area contributed by atoms with E-state index in [2.05, 4.69) is 4.98 Å². The minimum atomic E-state index is -0.656. The van der Waals surface area contributed by atoms with Gasteiger partial charge in [-0.05, 0) is 38.8 Å². The molecule has 0 spiro atoms. The van der Waals surface area contributed by atoms with Crippen LogP contribution in [0.3, 0.4) is 0 Å². The number of fused-ring (bicyclic) bond motifs is 1. The van der Waals surface area contributed by atoms with Crippen molar-refractivity contribution in [3.63, 3.8) is 0 Å². The van der Waals surface area contributed by atoms with Gasteiger partial charge in [0.05, 0.1) is 6.54 Å². The first kappa shape index (κ1) is 23.6. The molecule has 2 aromatic heterocycles. The average Bonchev–Trinajstić information content (AvgIpc) is 3.19. The lowest BCUT2D eigenvalue weighted by atomic mass is 10.1. The summed E-state index contributed by atoms with van der Waals surface area (Å²) in [6.45, 7) is 5.14. The highest BCUT2D eigenvalue weighted by Gasteiger charge is 2.26. The Kier molecular flexibility index (Phi) is 6.52. The summed E-state index contributed by atoms with van der Waals surface area (Å²) >= 11 is 0. The fourth-order valence-corrected chi connectivity index (χ4v) is 4.28. The predicted molar refractivity (Wildman–Crippen MR) is 129 cm³/mol. The van der Waals surface area contributed by atoms with Crippen molar-refractivity contribution in [2.24, 2.45) is 12.8 Å². The maximum atomic E-state index is 13.6. The van der Waals surface area contributed by atoms with Crippen LogP contribution in [0.25, 0.3) is 11.2 Å². The Morgan fingerprint density at radius 2 is 2.03 bits per heavy atom. The SMILES string of the molecule is CC(C)=CCn1c(N2CCCC(N)C2)nc2c1c(=O)n(CC(=O)c1cccc(F)c1)c(=O)n2C. The van der Waals surface area contributed by atoms with Gasteiger partial charge in [-0.2, -0.15) is 4.98 Å². The minimum absolute atomic E-state index is 0.00478. The molecule has 0 saturated carbocycles. The zero-order valence-electron chi connectivity index (χ0n) is 19.6. The van der Waals surface area contributed by atoms with Crippen molar-refractivity contribution >= 4 is 22.9 Å². The number of imidazole rings is 1. The molecule has 3 heterocycles. The van der Waals surface area contributed by atoms with Crippen LogP contribution in [0.2, 0.25) is 0 Å². The minimum Gasteiger partial charge on any atom is -0.341 e. The summed E-state index contributed by atoms with van der Waals surface area (Å²) in [4.78, 5) is 46.1. The molecule has 1 aliphatic heterocycles. The number of nitrogens with two attached hydrogens (primary N) is 1. The van der Waals surface area contributed by atoms with E-state index in [0.29, 0.717) is 19.0 Å². The first-order chi connectivity index (χ1) is 16.2. The molecule has 1 unspecified atom stereocenters. The Morgan fingerprint density at radius 3 is 2.71 bits per heavy atom. The van der Waals surface area contributed by atoms with Crippen molar-refractivity contribution < 1.29 is 9.18 Å². The average molecular weight is 469 g/mol. The molecular formula is C24H29FN6O3. The number of nitrogens with zero attached hydrogens (tertiary/aromatic N) is 5. The highest BCUT2D eigenvalue weighted by molar-refractivity contribution is 5.96. The number of aryl methyl sites for hydroxylation is 1. The van der Waals surface area contributed by atoms with E-state index >= 15 is 0 Å². The summed E-state index contributed by atoms with van der Waals surface area (Å²) in [6.07, 6.45) is 3.79. The lowest BCUT2D eigenvalue weighted by Gasteiger charge is -2.31. The van der Waals surface area contributed by atoms with Crippen LogP contribution < -0.4 is 21.9 Å². The highest BCUT2D eigenvalue weighted by atomic mass is 19.1. The molecule has 0 amide bonds. The van der Waals surface area contributed by atoms with Crippen LogP contribution in [0.1, 0.15) is 37.0 Å². The van der Waals surface area contributed by atoms with Crippen molar-refractivity contribution in [3.05, 3.63) is 68.1 Å². The standard InChI is InChI=1S/C24H29FN6O3/c1-15(2)9-11-30-20-21(27-23(30)29-10-5-8-18(26)13-29)28(3)24(34)31(22(20)33)14-19(32)16-6-4-7-17(25)12-16/h4,6-7,9,12,18H,5,8,10-11,13-14,26H2,1-3H3. The summed E-state index contributed by atoms with van der Waals surface area (Å²) in [5.41, 5.74) is 6.56. The van der Waals surface area contributed by atoms with Crippen LogP contribution in [0.4, 0.5) is 10.3 Å². The van der Waals surface area contributed by atoms with Gasteiger partial charge in [0, 0.05) is 38.3 Å².